The normalized spacial score (nSPS) is 14.0. The number of benzene rings is 2. The van der Waals surface area contributed by atoms with Crippen LogP contribution in [0.1, 0.15) is 24.1 Å². The Labute approximate surface area is 151 Å². The Morgan fingerprint density at radius 3 is 2.58 bits per heavy atom. The quantitative estimate of drug-likeness (QED) is 0.656. The summed E-state index contributed by atoms with van der Waals surface area (Å²) in [6, 6.07) is 14.2. The summed E-state index contributed by atoms with van der Waals surface area (Å²) < 4.78 is 13.1. The molecular formula is C21H18FN3O. The van der Waals surface area contributed by atoms with Crippen LogP contribution >= 0.6 is 0 Å². The van der Waals surface area contributed by atoms with Crippen LogP contribution < -0.4 is 0 Å². The van der Waals surface area contributed by atoms with E-state index in [0.29, 0.717) is 12.2 Å². The van der Waals surface area contributed by atoms with E-state index in [9.17, 15) is 9.18 Å². The largest absolute Gasteiger partial charge is 0.332 e. The molecule has 0 radical (unpaired) electrons. The maximum atomic E-state index is 13.1. The standard InChI is InChI=1S/C21H18FN3O/c22-16-7-5-15(6-8-16)14-25(18-10-11-18)21(26)12-9-17-13-23-19-3-1-2-4-20(19)24-17/h1-9,12-13,18H,10-11,14H2/b12-9+. The minimum atomic E-state index is -0.271. The number of fused-ring (bicyclic) bond motifs is 1. The van der Waals surface area contributed by atoms with E-state index in [1.54, 1.807) is 30.5 Å². The summed E-state index contributed by atoms with van der Waals surface area (Å²) in [5, 5.41) is 0. The average molecular weight is 347 g/mol. The van der Waals surface area contributed by atoms with Crippen LogP contribution in [0.15, 0.2) is 60.8 Å². The van der Waals surface area contributed by atoms with Gasteiger partial charge in [0.2, 0.25) is 5.91 Å². The first kappa shape index (κ1) is 16.4. The van der Waals surface area contributed by atoms with E-state index < -0.39 is 0 Å². The lowest BCUT2D eigenvalue weighted by atomic mass is 10.2. The molecule has 0 N–H and O–H groups in total. The molecular weight excluding hydrogens is 329 g/mol. The number of aromatic nitrogens is 2. The van der Waals surface area contributed by atoms with Crippen molar-refractivity contribution in [2.24, 2.45) is 0 Å². The first-order chi connectivity index (χ1) is 12.7. The number of halogens is 1. The fourth-order valence-electron chi connectivity index (χ4n) is 2.86. The third kappa shape index (κ3) is 3.77. The Kier molecular flexibility index (Phi) is 4.44. The molecule has 2 aromatic carbocycles. The Bertz CT molecular complexity index is 964. The SMILES string of the molecule is O=C(/C=C/c1cnc2ccccc2n1)N(Cc1ccc(F)cc1)C1CC1. The van der Waals surface area contributed by atoms with Gasteiger partial charge in [0.1, 0.15) is 5.82 Å². The molecule has 0 atom stereocenters. The summed E-state index contributed by atoms with van der Waals surface area (Å²) in [6.07, 6.45) is 6.92. The van der Waals surface area contributed by atoms with Gasteiger partial charge in [-0.25, -0.2) is 9.37 Å². The second-order valence-electron chi connectivity index (χ2n) is 6.44. The second kappa shape index (κ2) is 7.04. The van der Waals surface area contributed by atoms with E-state index in [2.05, 4.69) is 9.97 Å². The molecule has 1 aromatic heterocycles. The fraction of sp³-hybridized carbons (Fsp3) is 0.190. The average Bonchev–Trinajstić information content (AvgIpc) is 3.50. The number of nitrogens with zero attached hydrogens (tertiary/aromatic N) is 3. The molecule has 4 nitrogen and oxygen atoms in total. The van der Waals surface area contributed by atoms with Crippen LogP contribution in [0.2, 0.25) is 0 Å². The molecule has 5 heteroatoms. The van der Waals surface area contributed by atoms with Crippen LogP contribution in [-0.4, -0.2) is 26.8 Å². The lowest BCUT2D eigenvalue weighted by molar-refractivity contribution is -0.127. The monoisotopic (exact) mass is 347 g/mol. The molecule has 4 rings (SSSR count). The summed E-state index contributed by atoms with van der Waals surface area (Å²) in [6.45, 7) is 0.484. The van der Waals surface area contributed by atoms with Crippen molar-refractivity contribution in [3.63, 3.8) is 0 Å². The summed E-state index contributed by atoms with van der Waals surface area (Å²) in [7, 11) is 0. The van der Waals surface area contributed by atoms with Gasteiger partial charge in [0.05, 0.1) is 22.9 Å². The zero-order valence-electron chi connectivity index (χ0n) is 14.2. The smallest absolute Gasteiger partial charge is 0.247 e. The first-order valence-electron chi connectivity index (χ1n) is 8.64. The summed E-state index contributed by atoms with van der Waals surface area (Å²) in [4.78, 5) is 23.3. The molecule has 3 aromatic rings. The number of hydrogen-bond acceptors (Lipinski definition) is 3. The topological polar surface area (TPSA) is 46.1 Å². The maximum Gasteiger partial charge on any atom is 0.247 e. The van der Waals surface area contributed by atoms with Gasteiger partial charge in [0.15, 0.2) is 0 Å². The van der Waals surface area contributed by atoms with Gasteiger partial charge in [-0.05, 0) is 48.7 Å². The summed E-state index contributed by atoms with van der Waals surface area (Å²) in [5.41, 5.74) is 3.19. The molecule has 1 amide bonds. The van der Waals surface area contributed by atoms with Gasteiger partial charge in [-0.2, -0.15) is 0 Å². The van der Waals surface area contributed by atoms with Gasteiger partial charge in [0.25, 0.3) is 0 Å². The Morgan fingerprint density at radius 2 is 1.85 bits per heavy atom. The van der Waals surface area contributed by atoms with Crippen molar-refractivity contribution in [2.75, 3.05) is 0 Å². The van der Waals surface area contributed by atoms with Crippen molar-refractivity contribution in [3.05, 3.63) is 77.9 Å². The molecule has 26 heavy (non-hydrogen) atoms. The van der Waals surface area contributed by atoms with E-state index in [4.69, 9.17) is 0 Å². The number of carbonyl (C=O) groups excluding carboxylic acids is 1. The minimum absolute atomic E-state index is 0.0632. The van der Waals surface area contributed by atoms with E-state index in [-0.39, 0.29) is 17.8 Å². The fourth-order valence-corrected chi connectivity index (χ4v) is 2.86. The highest BCUT2D eigenvalue weighted by molar-refractivity contribution is 5.92. The van der Waals surface area contributed by atoms with Crippen LogP contribution in [0.4, 0.5) is 4.39 Å². The molecule has 1 saturated carbocycles. The number of para-hydroxylation sites is 2. The molecule has 1 aliphatic rings. The highest BCUT2D eigenvalue weighted by atomic mass is 19.1. The number of carbonyl (C=O) groups is 1. The van der Waals surface area contributed by atoms with Crippen molar-refractivity contribution in [1.82, 2.24) is 14.9 Å². The van der Waals surface area contributed by atoms with Crippen molar-refractivity contribution in [2.45, 2.75) is 25.4 Å². The lowest BCUT2D eigenvalue weighted by Crippen LogP contribution is -2.31. The molecule has 0 spiro atoms. The Hall–Kier alpha value is -3.08. The molecule has 0 aliphatic heterocycles. The van der Waals surface area contributed by atoms with Gasteiger partial charge in [-0.15, -0.1) is 0 Å². The van der Waals surface area contributed by atoms with E-state index in [1.807, 2.05) is 29.2 Å². The molecule has 1 aliphatic carbocycles. The minimum Gasteiger partial charge on any atom is -0.332 e. The molecule has 0 saturated heterocycles. The maximum absolute atomic E-state index is 13.1. The molecule has 130 valence electrons. The van der Waals surface area contributed by atoms with Crippen LogP contribution in [0.5, 0.6) is 0 Å². The molecule has 0 unspecified atom stereocenters. The van der Waals surface area contributed by atoms with Gasteiger partial charge in [-0.3, -0.25) is 9.78 Å². The molecule has 1 heterocycles. The molecule has 1 fully saturated rings. The van der Waals surface area contributed by atoms with Crippen molar-refractivity contribution < 1.29 is 9.18 Å². The van der Waals surface area contributed by atoms with E-state index in [1.165, 1.54) is 12.1 Å². The van der Waals surface area contributed by atoms with Crippen LogP contribution in [-0.2, 0) is 11.3 Å². The lowest BCUT2D eigenvalue weighted by Gasteiger charge is -2.21. The van der Waals surface area contributed by atoms with Crippen LogP contribution in [0, 0.1) is 5.82 Å². The van der Waals surface area contributed by atoms with Gasteiger partial charge in [-0.1, -0.05) is 24.3 Å². The van der Waals surface area contributed by atoms with Crippen LogP contribution in [0.3, 0.4) is 0 Å². The molecule has 0 bridgehead atoms. The van der Waals surface area contributed by atoms with Crippen molar-refractivity contribution in [3.8, 4) is 0 Å². The van der Waals surface area contributed by atoms with Gasteiger partial charge < -0.3 is 4.90 Å². The first-order valence-corrected chi connectivity index (χ1v) is 8.64. The summed E-state index contributed by atoms with van der Waals surface area (Å²) in [5.74, 6) is -0.334. The zero-order chi connectivity index (χ0) is 17.9. The third-order valence-corrected chi connectivity index (χ3v) is 4.40. The van der Waals surface area contributed by atoms with Gasteiger partial charge >= 0.3 is 0 Å². The predicted octanol–water partition coefficient (Wildman–Crippen LogP) is 3.97. The third-order valence-electron chi connectivity index (χ3n) is 4.40. The highest BCUT2D eigenvalue weighted by Gasteiger charge is 2.31. The Morgan fingerprint density at radius 1 is 1.12 bits per heavy atom. The number of hydrogen-bond donors (Lipinski definition) is 0. The summed E-state index contributed by atoms with van der Waals surface area (Å²) >= 11 is 0. The number of amides is 1. The van der Waals surface area contributed by atoms with E-state index >= 15 is 0 Å². The van der Waals surface area contributed by atoms with Crippen molar-refractivity contribution >= 4 is 23.0 Å². The van der Waals surface area contributed by atoms with E-state index in [0.717, 1.165) is 29.4 Å². The second-order valence-corrected chi connectivity index (χ2v) is 6.44. The van der Waals surface area contributed by atoms with Crippen molar-refractivity contribution in [1.29, 1.82) is 0 Å². The highest BCUT2D eigenvalue weighted by Crippen LogP contribution is 2.28. The van der Waals surface area contributed by atoms with Crippen LogP contribution in [0.25, 0.3) is 17.1 Å². The predicted molar refractivity (Wildman–Crippen MR) is 98.5 cm³/mol. The Balaban J connectivity index is 1.50. The van der Waals surface area contributed by atoms with Gasteiger partial charge in [0, 0.05) is 18.7 Å². The number of rotatable bonds is 5. The zero-order valence-corrected chi connectivity index (χ0v) is 14.2.